The molecule has 2 heteroatoms. The van der Waals surface area contributed by atoms with Crippen LogP contribution in [0, 0.1) is 0 Å². The van der Waals surface area contributed by atoms with Gasteiger partial charge < -0.3 is 4.74 Å². The molecular formula is C4H8OS. The van der Waals surface area contributed by atoms with Crippen LogP contribution < -0.4 is 0 Å². The highest BCUT2D eigenvalue weighted by Gasteiger charge is 2.08. The molecule has 0 N–H and O–H groups in total. The number of hydrogen-bond acceptors (Lipinski definition) is 2. The first-order chi connectivity index (χ1) is 2.89. The molecule has 0 saturated carbocycles. The molecule has 1 heterocycles. The Morgan fingerprint density at radius 1 is 1.67 bits per heavy atom. The molecule has 0 unspecified atom stereocenters. The first-order valence-electron chi connectivity index (χ1n) is 2.15. The van der Waals surface area contributed by atoms with Crippen LogP contribution in [-0.2, 0) is 4.74 Å². The molecule has 0 amide bonds. The quantitative estimate of drug-likeness (QED) is 0.445. The number of rotatable bonds is 0. The zero-order valence-corrected chi connectivity index (χ0v) is 4.45. The zero-order chi connectivity index (χ0) is 4.41. The van der Waals surface area contributed by atoms with Gasteiger partial charge in [0.15, 0.2) is 0 Å². The van der Waals surface area contributed by atoms with E-state index >= 15 is 0 Å². The summed E-state index contributed by atoms with van der Waals surface area (Å²) in [7, 11) is 0. The summed E-state index contributed by atoms with van der Waals surface area (Å²) in [6.45, 7) is 1.76. The lowest BCUT2D eigenvalue weighted by Gasteiger charge is -1.88. The van der Waals surface area contributed by atoms with Crippen molar-refractivity contribution in [2.45, 2.75) is 11.7 Å². The van der Waals surface area contributed by atoms with E-state index in [-0.39, 0.29) is 0 Å². The zero-order valence-electron chi connectivity index (χ0n) is 3.55. The second-order valence-corrected chi connectivity index (χ2v) is 2.25. The summed E-state index contributed by atoms with van der Waals surface area (Å²) < 4.78 is 4.98. The van der Waals surface area contributed by atoms with Gasteiger partial charge in [0.2, 0.25) is 0 Å². The fourth-order valence-corrected chi connectivity index (χ4v) is 0.733. The van der Waals surface area contributed by atoms with Crippen molar-refractivity contribution in [2.24, 2.45) is 0 Å². The summed E-state index contributed by atoms with van der Waals surface area (Å²) in [5, 5.41) is 0.519. The van der Waals surface area contributed by atoms with Crippen LogP contribution in [0.2, 0.25) is 0 Å². The van der Waals surface area contributed by atoms with Crippen LogP contribution in [0.25, 0.3) is 0 Å². The third kappa shape index (κ3) is 0.884. The molecule has 1 nitrogen and oxygen atoms in total. The van der Waals surface area contributed by atoms with E-state index in [2.05, 4.69) is 12.6 Å². The molecule has 1 rings (SSSR count). The van der Waals surface area contributed by atoms with E-state index in [1.807, 2.05) is 0 Å². The van der Waals surface area contributed by atoms with Crippen molar-refractivity contribution in [1.29, 1.82) is 0 Å². The molecule has 0 bridgehead atoms. The van der Waals surface area contributed by atoms with Crippen LogP contribution in [0.15, 0.2) is 0 Å². The van der Waals surface area contributed by atoms with Crippen molar-refractivity contribution >= 4 is 12.6 Å². The second-order valence-electron chi connectivity index (χ2n) is 1.52. The monoisotopic (exact) mass is 104 g/mol. The van der Waals surface area contributed by atoms with Gasteiger partial charge in [-0.25, -0.2) is 0 Å². The molecule has 0 spiro atoms. The van der Waals surface area contributed by atoms with E-state index in [0.717, 1.165) is 19.6 Å². The minimum absolute atomic E-state index is 0.519. The SMILES string of the molecule is S[C@@H]1CCOC1. The van der Waals surface area contributed by atoms with Gasteiger partial charge in [-0.05, 0) is 6.42 Å². The van der Waals surface area contributed by atoms with Gasteiger partial charge in [-0.15, -0.1) is 0 Å². The molecule has 0 radical (unpaired) electrons. The predicted molar refractivity (Wildman–Crippen MR) is 28.2 cm³/mol. The first-order valence-corrected chi connectivity index (χ1v) is 2.67. The highest BCUT2D eigenvalue weighted by Crippen LogP contribution is 2.08. The first kappa shape index (κ1) is 4.47. The third-order valence-corrected chi connectivity index (χ3v) is 1.31. The van der Waals surface area contributed by atoms with Gasteiger partial charge in [-0.3, -0.25) is 0 Å². The van der Waals surface area contributed by atoms with Gasteiger partial charge in [-0.2, -0.15) is 12.6 Å². The van der Waals surface area contributed by atoms with E-state index in [1.165, 1.54) is 0 Å². The van der Waals surface area contributed by atoms with Gasteiger partial charge >= 0.3 is 0 Å². The van der Waals surface area contributed by atoms with E-state index < -0.39 is 0 Å². The molecule has 1 aliphatic heterocycles. The maximum absolute atomic E-state index is 4.98. The topological polar surface area (TPSA) is 9.23 Å². The summed E-state index contributed by atoms with van der Waals surface area (Å²) in [5.41, 5.74) is 0. The van der Waals surface area contributed by atoms with E-state index in [1.54, 1.807) is 0 Å². The minimum atomic E-state index is 0.519. The Balaban J connectivity index is 2.18. The van der Waals surface area contributed by atoms with Crippen molar-refractivity contribution < 1.29 is 4.74 Å². The Morgan fingerprint density at radius 3 is 2.67 bits per heavy atom. The molecule has 6 heavy (non-hydrogen) atoms. The van der Waals surface area contributed by atoms with Gasteiger partial charge in [0.25, 0.3) is 0 Å². The van der Waals surface area contributed by atoms with E-state index in [9.17, 15) is 0 Å². The lowest BCUT2D eigenvalue weighted by atomic mass is 10.4. The van der Waals surface area contributed by atoms with Crippen molar-refractivity contribution in [1.82, 2.24) is 0 Å². The van der Waals surface area contributed by atoms with Crippen molar-refractivity contribution in [2.75, 3.05) is 13.2 Å². The van der Waals surface area contributed by atoms with Crippen LogP contribution in [0.4, 0.5) is 0 Å². The lowest BCUT2D eigenvalue weighted by molar-refractivity contribution is 0.199. The largest absolute Gasteiger partial charge is 0.380 e. The smallest absolute Gasteiger partial charge is 0.0583 e. The fraction of sp³-hybridized carbons (Fsp3) is 1.00. The molecule has 1 fully saturated rings. The maximum Gasteiger partial charge on any atom is 0.0583 e. The Hall–Kier alpha value is 0.310. The standard InChI is InChI=1S/C4H8OS/c6-4-1-2-5-3-4/h4,6H,1-3H2/t4-/m1/s1. The average Bonchev–Trinajstić information content (AvgIpc) is 1.86. The molecule has 0 aliphatic carbocycles. The van der Waals surface area contributed by atoms with Crippen molar-refractivity contribution in [3.63, 3.8) is 0 Å². The third-order valence-electron chi connectivity index (χ3n) is 0.906. The van der Waals surface area contributed by atoms with E-state index in [0.29, 0.717) is 5.25 Å². The Morgan fingerprint density at radius 2 is 2.50 bits per heavy atom. The summed E-state index contributed by atoms with van der Waals surface area (Å²) in [6.07, 6.45) is 1.13. The van der Waals surface area contributed by atoms with Crippen LogP contribution in [0.1, 0.15) is 6.42 Å². The van der Waals surface area contributed by atoms with Gasteiger partial charge in [0, 0.05) is 11.9 Å². The van der Waals surface area contributed by atoms with E-state index in [4.69, 9.17) is 4.74 Å². The molecule has 0 aromatic heterocycles. The number of hydrogen-bond donors (Lipinski definition) is 1. The van der Waals surface area contributed by atoms with Crippen LogP contribution in [-0.4, -0.2) is 18.5 Å². The van der Waals surface area contributed by atoms with Crippen LogP contribution in [0.5, 0.6) is 0 Å². The Kier molecular flexibility index (Phi) is 1.37. The lowest BCUT2D eigenvalue weighted by Crippen LogP contribution is -1.92. The summed E-state index contributed by atoms with van der Waals surface area (Å²) >= 11 is 4.17. The van der Waals surface area contributed by atoms with Gasteiger partial charge in [-0.1, -0.05) is 0 Å². The number of thiol groups is 1. The Bertz CT molecular complexity index is 40.8. The summed E-state index contributed by atoms with van der Waals surface area (Å²) in [4.78, 5) is 0. The minimum Gasteiger partial charge on any atom is -0.380 e. The number of ether oxygens (including phenoxy) is 1. The Labute approximate surface area is 43.1 Å². The molecule has 1 aliphatic rings. The van der Waals surface area contributed by atoms with Crippen molar-refractivity contribution in [3.8, 4) is 0 Å². The maximum atomic E-state index is 4.98. The molecule has 0 aromatic carbocycles. The molecule has 1 atom stereocenters. The molecule has 1 saturated heterocycles. The molecule has 0 aromatic rings. The molecule has 36 valence electrons. The summed E-state index contributed by atoms with van der Waals surface area (Å²) in [5.74, 6) is 0. The highest BCUT2D eigenvalue weighted by atomic mass is 32.1. The van der Waals surface area contributed by atoms with Gasteiger partial charge in [0.1, 0.15) is 0 Å². The fourth-order valence-electron chi connectivity index (χ4n) is 0.522. The highest BCUT2D eigenvalue weighted by molar-refractivity contribution is 7.81. The van der Waals surface area contributed by atoms with Crippen molar-refractivity contribution in [3.05, 3.63) is 0 Å². The van der Waals surface area contributed by atoms with Crippen LogP contribution >= 0.6 is 12.6 Å². The average molecular weight is 104 g/mol. The summed E-state index contributed by atoms with van der Waals surface area (Å²) in [6, 6.07) is 0. The van der Waals surface area contributed by atoms with Crippen LogP contribution in [0.3, 0.4) is 0 Å². The normalized spacial score (nSPS) is 34.5. The second kappa shape index (κ2) is 1.85. The molecular weight excluding hydrogens is 96.1 g/mol. The predicted octanol–water partition coefficient (Wildman–Crippen LogP) is 0.705. The van der Waals surface area contributed by atoms with Gasteiger partial charge in [0.05, 0.1) is 6.61 Å².